The average molecular weight is 604 g/mol. The largest absolute Gasteiger partial charge is 1.00 e. The van der Waals surface area contributed by atoms with Crippen LogP contribution in [0.5, 0.6) is 11.5 Å². The SMILES string of the molecule is COc1cc(-c2nc(NC(=O)c3cc4ccccc4n3CC(=O)[O-])sc2CCC2CCCCC2)c(OC)cc1Cl.[Na+]. The predicted octanol–water partition coefficient (Wildman–Crippen LogP) is 2.95. The number of aliphatic carboxylic acids is 1. The number of benzene rings is 2. The normalized spacial score (nSPS) is 13.5. The number of aromatic nitrogens is 2. The molecule has 1 N–H and O–H groups in total. The molecule has 4 aromatic rings. The van der Waals surface area contributed by atoms with Crippen molar-refractivity contribution in [3.05, 3.63) is 58.1 Å². The van der Waals surface area contributed by atoms with Gasteiger partial charge in [-0.2, -0.15) is 0 Å². The zero-order chi connectivity index (χ0) is 28.2. The maximum atomic E-state index is 13.5. The number of hydrogen-bond donors (Lipinski definition) is 1. The van der Waals surface area contributed by atoms with Crippen molar-refractivity contribution in [3.8, 4) is 22.8 Å². The average Bonchev–Trinajstić information content (AvgIpc) is 3.53. The molecule has 0 bridgehead atoms. The van der Waals surface area contributed by atoms with Gasteiger partial charge in [0, 0.05) is 27.4 Å². The van der Waals surface area contributed by atoms with Crippen LogP contribution in [0.15, 0.2) is 42.5 Å². The van der Waals surface area contributed by atoms with Gasteiger partial charge in [0.25, 0.3) is 5.91 Å². The molecule has 41 heavy (non-hydrogen) atoms. The third-order valence-electron chi connectivity index (χ3n) is 7.48. The van der Waals surface area contributed by atoms with Crippen LogP contribution in [0, 0.1) is 5.92 Å². The van der Waals surface area contributed by atoms with Gasteiger partial charge in [0.2, 0.25) is 0 Å². The van der Waals surface area contributed by atoms with Crippen molar-refractivity contribution in [1.82, 2.24) is 9.55 Å². The van der Waals surface area contributed by atoms with Crippen molar-refractivity contribution < 1.29 is 53.7 Å². The Morgan fingerprint density at radius 2 is 1.83 bits per heavy atom. The number of anilines is 1. The van der Waals surface area contributed by atoms with E-state index in [-0.39, 0.29) is 35.3 Å². The van der Waals surface area contributed by atoms with Crippen LogP contribution >= 0.6 is 22.9 Å². The number of carboxylic acid groups (broad SMARTS) is 1. The predicted molar refractivity (Wildman–Crippen MR) is 155 cm³/mol. The molecular formula is C30H31ClN3NaO5S. The van der Waals surface area contributed by atoms with Gasteiger partial charge in [-0.25, -0.2) is 4.98 Å². The minimum absolute atomic E-state index is 0. The summed E-state index contributed by atoms with van der Waals surface area (Å²) >= 11 is 7.79. The molecule has 0 spiro atoms. The van der Waals surface area contributed by atoms with Crippen molar-refractivity contribution in [3.63, 3.8) is 0 Å². The summed E-state index contributed by atoms with van der Waals surface area (Å²) in [5.41, 5.74) is 2.29. The Hall–Kier alpha value is -2.56. The summed E-state index contributed by atoms with van der Waals surface area (Å²) in [6.07, 6.45) is 8.15. The second-order valence-corrected chi connectivity index (χ2v) is 11.5. The molecule has 8 nitrogen and oxygen atoms in total. The Bertz CT molecular complexity index is 1550. The Balaban J connectivity index is 0.00000387. The van der Waals surface area contributed by atoms with Crippen LogP contribution in [-0.4, -0.2) is 35.6 Å². The van der Waals surface area contributed by atoms with E-state index in [4.69, 9.17) is 26.1 Å². The molecule has 11 heteroatoms. The van der Waals surface area contributed by atoms with E-state index in [1.165, 1.54) is 48.0 Å². The van der Waals surface area contributed by atoms with E-state index in [0.29, 0.717) is 38.8 Å². The summed E-state index contributed by atoms with van der Waals surface area (Å²) in [5, 5.41) is 16.0. The van der Waals surface area contributed by atoms with E-state index in [1.807, 2.05) is 18.2 Å². The molecule has 0 radical (unpaired) electrons. The molecule has 1 fully saturated rings. The van der Waals surface area contributed by atoms with Crippen LogP contribution in [0.1, 0.15) is 53.9 Å². The molecule has 1 aliphatic carbocycles. The van der Waals surface area contributed by atoms with Crippen molar-refractivity contribution >= 4 is 50.8 Å². The Morgan fingerprint density at radius 1 is 1.10 bits per heavy atom. The zero-order valence-electron chi connectivity index (χ0n) is 23.5. The molecule has 0 saturated heterocycles. The number of ether oxygens (including phenoxy) is 2. The molecule has 0 unspecified atom stereocenters. The summed E-state index contributed by atoms with van der Waals surface area (Å²) in [7, 11) is 3.13. The number of halogens is 1. The second kappa shape index (κ2) is 14.1. The van der Waals surface area contributed by atoms with Gasteiger partial charge >= 0.3 is 29.6 Å². The summed E-state index contributed by atoms with van der Waals surface area (Å²) in [6, 6.07) is 12.4. The van der Waals surface area contributed by atoms with E-state index < -0.39 is 18.4 Å². The minimum atomic E-state index is -1.28. The van der Waals surface area contributed by atoms with Gasteiger partial charge in [0.1, 0.15) is 17.2 Å². The zero-order valence-corrected chi connectivity index (χ0v) is 27.1. The van der Waals surface area contributed by atoms with Crippen LogP contribution in [0.4, 0.5) is 5.13 Å². The van der Waals surface area contributed by atoms with Crippen molar-refractivity contribution in [1.29, 1.82) is 0 Å². The number of aryl methyl sites for hydroxylation is 1. The van der Waals surface area contributed by atoms with E-state index in [1.54, 1.807) is 38.5 Å². The number of nitrogens with one attached hydrogen (secondary N) is 1. The van der Waals surface area contributed by atoms with Gasteiger partial charge in [0.05, 0.1) is 37.5 Å². The first kappa shape index (κ1) is 31.4. The van der Waals surface area contributed by atoms with Crippen LogP contribution in [0.2, 0.25) is 5.02 Å². The Labute approximate surface area is 270 Å². The van der Waals surface area contributed by atoms with Crippen LogP contribution in [0.3, 0.4) is 0 Å². The van der Waals surface area contributed by atoms with E-state index in [2.05, 4.69) is 5.32 Å². The molecule has 2 aromatic carbocycles. The number of nitrogens with zero attached hydrogens (tertiary/aromatic N) is 2. The number of carbonyl (C=O) groups excluding carboxylic acids is 2. The summed E-state index contributed by atoms with van der Waals surface area (Å²) in [5.74, 6) is 0.00438. The number of methoxy groups -OCH3 is 2. The fourth-order valence-corrected chi connectivity index (χ4v) is 6.72. The van der Waals surface area contributed by atoms with Crippen LogP contribution < -0.4 is 49.5 Å². The van der Waals surface area contributed by atoms with Gasteiger partial charge in [-0.05, 0) is 37.0 Å². The smallest absolute Gasteiger partial charge is 0.548 e. The maximum Gasteiger partial charge on any atom is 1.00 e. The van der Waals surface area contributed by atoms with Gasteiger partial charge in [-0.3, -0.25) is 10.1 Å². The molecule has 0 atom stereocenters. The number of rotatable bonds is 10. The molecule has 1 aliphatic rings. The third-order valence-corrected chi connectivity index (χ3v) is 8.81. The first-order chi connectivity index (χ1) is 19.4. The fourth-order valence-electron chi connectivity index (χ4n) is 5.50. The summed E-state index contributed by atoms with van der Waals surface area (Å²) in [6.45, 7) is -0.437. The number of fused-ring (bicyclic) bond motifs is 1. The second-order valence-electron chi connectivity index (χ2n) is 10.0. The molecule has 210 valence electrons. The first-order valence-electron chi connectivity index (χ1n) is 13.4. The van der Waals surface area contributed by atoms with Crippen LogP contribution in [-0.2, 0) is 17.8 Å². The number of carbonyl (C=O) groups is 2. The topological polar surface area (TPSA) is 106 Å². The third kappa shape index (κ3) is 7.09. The number of thiazole rings is 1. The first-order valence-corrected chi connectivity index (χ1v) is 14.6. The standard InChI is InChI=1S/C30H32ClN3O5S.Na/c1-38-24-16-21(31)25(39-2)15-20(24)28-26(13-12-18-8-4-3-5-9-18)40-30(32-28)33-29(37)23-14-19-10-6-7-11-22(19)34(23)17-27(35)36;/h6-7,10-11,14-16,18H,3-5,8-9,12-13,17H2,1-2H3,(H,35,36)(H,32,33,37);/q;+1/p-1. The van der Waals surface area contributed by atoms with Crippen molar-refractivity contribution in [2.75, 3.05) is 19.5 Å². The molecular weight excluding hydrogens is 573 g/mol. The van der Waals surface area contributed by atoms with Crippen molar-refractivity contribution in [2.24, 2.45) is 5.92 Å². The van der Waals surface area contributed by atoms with Gasteiger partial charge in [0.15, 0.2) is 5.13 Å². The van der Waals surface area contributed by atoms with Gasteiger partial charge in [-0.15, -0.1) is 11.3 Å². The summed E-state index contributed by atoms with van der Waals surface area (Å²) < 4.78 is 12.6. The Morgan fingerprint density at radius 3 is 2.54 bits per heavy atom. The maximum absolute atomic E-state index is 13.5. The van der Waals surface area contributed by atoms with Gasteiger partial charge in [-0.1, -0.05) is 61.9 Å². The molecule has 0 aliphatic heterocycles. The molecule has 2 aromatic heterocycles. The molecule has 5 rings (SSSR count). The quantitative estimate of drug-likeness (QED) is 0.280. The number of amides is 1. The van der Waals surface area contributed by atoms with Gasteiger partial charge < -0.3 is 23.9 Å². The molecule has 2 heterocycles. The summed E-state index contributed by atoms with van der Waals surface area (Å²) in [4.78, 5) is 30.8. The molecule has 1 saturated carbocycles. The Kier molecular flexibility index (Phi) is 10.8. The van der Waals surface area contributed by atoms with Crippen molar-refractivity contribution in [2.45, 2.75) is 51.5 Å². The number of para-hydroxylation sites is 1. The number of hydrogen-bond acceptors (Lipinski definition) is 7. The number of carboxylic acids is 1. The van der Waals surface area contributed by atoms with E-state index in [9.17, 15) is 14.7 Å². The minimum Gasteiger partial charge on any atom is -0.548 e. The van der Waals surface area contributed by atoms with E-state index >= 15 is 0 Å². The monoisotopic (exact) mass is 603 g/mol. The van der Waals surface area contributed by atoms with Crippen LogP contribution in [0.25, 0.3) is 22.2 Å². The fraction of sp³-hybridized carbons (Fsp3) is 0.367. The molecule has 1 amide bonds. The van der Waals surface area contributed by atoms with E-state index in [0.717, 1.165) is 28.7 Å².